The minimum atomic E-state index is -4.19. The molecule has 0 aliphatic rings. The van der Waals surface area contributed by atoms with Gasteiger partial charge in [-0.15, -0.1) is 0 Å². The first-order valence-corrected chi connectivity index (χ1v) is 7.02. The van der Waals surface area contributed by atoms with Gasteiger partial charge in [-0.1, -0.05) is 0 Å². The fraction of sp³-hybridized carbons (Fsp3) is 0.0769. The Morgan fingerprint density at radius 3 is 2.30 bits per heavy atom. The second-order valence-electron chi connectivity index (χ2n) is 3.91. The zero-order valence-electron chi connectivity index (χ0n) is 10.4. The maximum Gasteiger partial charge on any atom is 0.264 e. The lowest BCUT2D eigenvalue weighted by Gasteiger charge is -2.09. The molecule has 0 bridgehead atoms. The number of hydrogen-bond acceptors (Lipinski definition) is 3. The summed E-state index contributed by atoms with van der Waals surface area (Å²) in [7, 11) is -2.72. The predicted molar refractivity (Wildman–Crippen MR) is 70.2 cm³/mol. The molecule has 0 aliphatic heterocycles. The predicted octanol–water partition coefficient (Wildman–Crippen LogP) is 2.77. The van der Waals surface area contributed by atoms with E-state index in [1.165, 1.54) is 19.2 Å². The molecule has 0 atom stereocenters. The number of methoxy groups -OCH3 is 1. The monoisotopic (exact) mass is 299 g/mol. The zero-order valence-corrected chi connectivity index (χ0v) is 11.2. The summed E-state index contributed by atoms with van der Waals surface area (Å²) in [6, 6.07) is 8.22. The topological polar surface area (TPSA) is 55.4 Å². The summed E-state index contributed by atoms with van der Waals surface area (Å²) in [5.74, 6) is -1.31. The maximum atomic E-state index is 13.5. The largest absolute Gasteiger partial charge is 0.497 e. The molecule has 20 heavy (non-hydrogen) atoms. The van der Waals surface area contributed by atoms with Gasteiger partial charge in [-0.05, 0) is 42.5 Å². The summed E-state index contributed by atoms with van der Waals surface area (Å²) in [4.78, 5) is -0.742. The number of benzene rings is 2. The second-order valence-corrected chi connectivity index (χ2v) is 5.56. The van der Waals surface area contributed by atoms with E-state index < -0.39 is 26.6 Å². The second kappa shape index (κ2) is 5.46. The third kappa shape index (κ3) is 3.05. The van der Waals surface area contributed by atoms with Gasteiger partial charge in [-0.3, -0.25) is 4.72 Å². The molecule has 0 saturated heterocycles. The standard InChI is InChI=1S/C13H11F2NO3S/c1-19-11-5-3-10(4-6-11)16-20(17,18)13-8-9(14)2-7-12(13)15/h2-8,16H,1H3. The molecule has 2 aromatic carbocycles. The lowest BCUT2D eigenvalue weighted by atomic mass is 10.3. The molecule has 1 N–H and O–H groups in total. The van der Waals surface area contributed by atoms with Gasteiger partial charge in [0.1, 0.15) is 22.3 Å². The van der Waals surface area contributed by atoms with Crippen molar-refractivity contribution in [3.63, 3.8) is 0 Å². The molecule has 0 amide bonds. The molecule has 4 nitrogen and oxygen atoms in total. The van der Waals surface area contributed by atoms with Gasteiger partial charge in [0, 0.05) is 5.69 Å². The van der Waals surface area contributed by atoms with Gasteiger partial charge in [0.25, 0.3) is 10.0 Å². The van der Waals surface area contributed by atoms with E-state index >= 15 is 0 Å². The van der Waals surface area contributed by atoms with Crippen molar-refractivity contribution < 1.29 is 21.9 Å². The first-order chi connectivity index (χ1) is 9.42. The summed E-state index contributed by atoms with van der Waals surface area (Å²) >= 11 is 0. The Morgan fingerprint density at radius 2 is 1.70 bits per heavy atom. The van der Waals surface area contributed by atoms with Gasteiger partial charge < -0.3 is 4.74 Å². The van der Waals surface area contributed by atoms with Crippen molar-refractivity contribution in [2.75, 3.05) is 11.8 Å². The van der Waals surface area contributed by atoms with Crippen molar-refractivity contribution in [2.24, 2.45) is 0 Å². The van der Waals surface area contributed by atoms with Crippen molar-refractivity contribution in [2.45, 2.75) is 4.90 Å². The first-order valence-electron chi connectivity index (χ1n) is 5.54. The minimum Gasteiger partial charge on any atom is -0.497 e. The zero-order chi connectivity index (χ0) is 14.8. The molecule has 106 valence electrons. The van der Waals surface area contributed by atoms with Crippen molar-refractivity contribution in [1.82, 2.24) is 0 Å². The molecule has 0 radical (unpaired) electrons. The summed E-state index contributed by atoms with van der Waals surface area (Å²) in [6.45, 7) is 0. The third-order valence-corrected chi connectivity index (χ3v) is 3.92. The Balaban J connectivity index is 2.32. The molecular weight excluding hydrogens is 288 g/mol. The summed E-state index contributed by atoms with van der Waals surface area (Å²) in [5, 5.41) is 0. The van der Waals surface area contributed by atoms with Crippen LogP contribution in [0.3, 0.4) is 0 Å². The van der Waals surface area contributed by atoms with E-state index in [1.807, 2.05) is 0 Å². The van der Waals surface area contributed by atoms with E-state index in [2.05, 4.69) is 4.72 Å². The Bertz CT molecular complexity index is 715. The summed E-state index contributed by atoms with van der Waals surface area (Å²) in [5.41, 5.74) is 0.217. The van der Waals surface area contributed by atoms with Crippen LogP contribution >= 0.6 is 0 Å². The molecule has 0 spiro atoms. The van der Waals surface area contributed by atoms with E-state index in [9.17, 15) is 17.2 Å². The van der Waals surface area contributed by atoms with Gasteiger partial charge in [0.15, 0.2) is 0 Å². The normalized spacial score (nSPS) is 11.2. The lowest BCUT2D eigenvalue weighted by Crippen LogP contribution is -2.14. The molecule has 0 aliphatic carbocycles. The highest BCUT2D eigenvalue weighted by Crippen LogP contribution is 2.21. The van der Waals surface area contributed by atoms with E-state index in [0.717, 1.165) is 12.1 Å². The van der Waals surface area contributed by atoms with Gasteiger partial charge in [0.2, 0.25) is 0 Å². The molecule has 7 heteroatoms. The highest BCUT2D eigenvalue weighted by atomic mass is 32.2. The van der Waals surface area contributed by atoms with Crippen LogP contribution < -0.4 is 9.46 Å². The molecule has 0 fully saturated rings. The Kier molecular flexibility index (Phi) is 3.89. The molecule has 0 saturated carbocycles. The van der Waals surface area contributed by atoms with E-state index in [4.69, 9.17) is 4.74 Å². The SMILES string of the molecule is COc1ccc(NS(=O)(=O)c2cc(F)ccc2F)cc1. The average Bonchev–Trinajstić information content (AvgIpc) is 2.42. The smallest absolute Gasteiger partial charge is 0.264 e. The van der Waals surface area contributed by atoms with Gasteiger partial charge in [-0.25, -0.2) is 17.2 Å². The van der Waals surface area contributed by atoms with E-state index in [-0.39, 0.29) is 5.69 Å². The highest BCUT2D eigenvalue weighted by molar-refractivity contribution is 7.92. The molecule has 0 aromatic heterocycles. The summed E-state index contributed by atoms with van der Waals surface area (Å²) in [6.07, 6.45) is 0. The Morgan fingerprint density at radius 1 is 1.05 bits per heavy atom. The lowest BCUT2D eigenvalue weighted by molar-refractivity contribution is 0.415. The van der Waals surface area contributed by atoms with Crippen molar-refractivity contribution >= 4 is 15.7 Å². The van der Waals surface area contributed by atoms with Gasteiger partial charge in [0.05, 0.1) is 7.11 Å². The van der Waals surface area contributed by atoms with Crippen LogP contribution in [0.5, 0.6) is 5.75 Å². The number of sulfonamides is 1. The quantitative estimate of drug-likeness (QED) is 0.944. The van der Waals surface area contributed by atoms with Crippen LogP contribution in [0.1, 0.15) is 0 Å². The van der Waals surface area contributed by atoms with Crippen LogP contribution in [-0.4, -0.2) is 15.5 Å². The molecule has 0 unspecified atom stereocenters. The van der Waals surface area contributed by atoms with E-state index in [1.54, 1.807) is 12.1 Å². The molecular formula is C13H11F2NO3S. The Labute approximate surface area is 115 Å². The molecule has 2 aromatic rings. The number of halogens is 2. The number of rotatable bonds is 4. The molecule has 2 rings (SSSR count). The van der Waals surface area contributed by atoms with Crippen LogP contribution in [-0.2, 0) is 10.0 Å². The van der Waals surface area contributed by atoms with Crippen LogP contribution in [0.4, 0.5) is 14.5 Å². The van der Waals surface area contributed by atoms with Crippen LogP contribution in [0.25, 0.3) is 0 Å². The Hall–Kier alpha value is -2.15. The number of anilines is 1. The maximum absolute atomic E-state index is 13.5. The van der Waals surface area contributed by atoms with Crippen molar-refractivity contribution in [3.05, 3.63) is 54.1 Å². The average molecular weight is 299 g/mol. The summed E-state index contributed by atoms with van der Waals surface area (Å²) < 4.78 is 57.6. The van der Waals surface area contributed by atoms with E-state index in [0.29, 0.717) is 11.8 Å². The van der Waals surface area contributed by atoms with Crippen LogP contribution in [0, 0.1) is 11.6 Å². The molecule has 0 heterocycles. The fourth-order valence-corrected chi connectivity index (χ4v) is 2.70. The van der Waals surface area contributed by atoms with Crippen molar-refractivity contribution in [3.8, 4) is 5.75 Å². The minimum absolute atomic E-state index is 0.217. The highest BCUT2D eigenvalue weighted by Gasteiger charge is 2.20. The fourth-order valence-electron chi connectivity index (χ4n) is 1.55. The van der Waals surface area contributed by atoms with Crippen LogP contribution in [0.2, 0.25) is 0 Å². The van der Waals surface area contributed by atoms with Crippen molar-refractivity contribution in [1.29, 1.82) is 0 Å². The first kappa shape index (κ1) is 14.3. The number of ether oxygens (including phenoxy) is 1. The van der Waals surface area contributed by atoms with Gasteiger partial charge >= 0.3 is 0 Å². The van der Waals surface area contributed by atoms with Gasteiger partial charge in [-0.2, -0.15) is 0 Å². The third-order valence-electron chi connectivity index (χ3n) is 2.53. The number of nitrogens with one attached hydrogen (secondary N) is 1. The number of hydrogen-bond donors (Lipinski definition) is 1. The van der Waals surface area contributed by atoms with Crippen LogP contribution in [0.15, 0.2) is 47.4 Å².